The van der Waals surface area contributed by atoms with E-state index in [9.17, 15) is 8.42 Å². The van der Waals surface area contributed by atoms with E-state index in [2.05, 4.69) is 9.71 Å². The molecule has 0 unspecified atom stereocenters. The van der Waals surface area contributed by atoms with Crippen LogP contribution in [0.4, 0.5) is 5.69 Å². The molecule has 0 saturated heterocycles. The number of benzene rings is 1. The second kappa shape index (κ2) is 5.56. The van der Waals surface area contributed by atoms with Crippen molar-refractivity contribution in [3.05, 3.63) is 53.3 Å². The van der Waals surface area contributed by atoms with Crippen LogP contribution in [0.5, 0.6) is 0 Å². The van der Waals surface area contributed by atoms with Crippen LogP contribution in [0, 0.1) is 0 Å². The molecule has 0 amide bonds. The van der Waals surface area contributed by atoms with Crippen molar-refractivity contribution in [1.29, 1.82) is 0 Å². The fraction of sp³-hybridized carbons (Fsp3) is 0.0833. The molecule has 2 rings (SSSR count). The van der Waals surface area contributed by atoms with Crippen molar-refractivity contribution < 1.29 is 8.42 Å². The average Bonchev–Trinajstić information content (AvgIpc) is 2.39. The van der Waals surface area contributed by atoms with Gasteiger partial charge in [0.25, 0.3) is 10.0 Å². The number of halogens is 1. The van der Waals surface area contributed by atoms with E-state index in [-0.39, 0.29) is 16.5 Å². The first-order chi connectivity index (χ1) is 9.03. The highest BCUT2D eigenvalue weighted by molar-refractivity contribution is 7.92. The molecule has 5 nitrogen and oxygen atoms in total. The Balaban J connectivity index is 2.39. The van der Waals surface area contributed by atoms with E-state index in [4.69, 9.17) is 17.3 Å². The second-order valence-electron chi connectivity index (χ2n) is 3.81. The smallest absolute Gasteiger partial charge is 0.263 e. The number of rotatable bonds is 4. The maximum absolute atomic E-state index is 12.2. The van der Waals surface area contributed by atoms with Gasteiger partial charge < -0.3 is 5.73 Å². The molecule has 0 spiro atoms. The van der Waals surface area contributed by atoms with Gasteiger partial charge in [-0.2, -0.15) is 0 Å². The summed E-state index contributed by atoms with van der Waals surface area (Å²) < 4.78 is 26.9. The molecule has 19 heavy (non-hydrogen) atoms. The number of hydrogen-bond acceptors (Lipinski definition) is 4. The Bertz CT molecular complexity index is 675. The molecule has 0 aliphatic carbocycles. The lowest BCUT2D eigenvalue weighted by Crippen LogP contribution is -2.14. The summed E-state index contributed by atoms with van der Waals surface area (Å²) in [4.78, 5) is 3.82. The van der Waals surface area contributed by atoms with Gasteiger partial charge in [0.2, 0.25) is 0 Å². The summed E-state index contributed by atoms with van der Waals surface area (Å²) in [6, 6.07) is 7.78. The molecule has 0 aliphatic rings. The maximum Gasteiger partial charge on any atom is 0.263 e. The lowest BCUT2D eigenvalue weighted by atomic mass is 10.2. The molecule has 0 aliphatic heterocycles. The Morgan fingerprint density at radius 2 is 1.89 bits per heavy atom. The van der Waals surface area contributed by atoms with Crippen LogP contribution in [0.15, 0.2) is 47.6 Å². The Kier molecular flexibility index (Phi) is 4.04. The molecule has 2 aromatic rings. The fourth-order valence-electron chi connectivity index (χ4n) is 1.51. The van der Waals surface area contributed by atoms with Gasteiger partial charge in [-0.15, -0.1) is 0 Å². The predicted molar refractivity (Wildman–Crippen MR) is 74.4 cm³/mol. The van der Waals surface area contributed by atoms with E-state index in [1.54, 1.807) is 18.2 Å². The highest BCUT2D eigenvalue weighted by Crippen LogP contribution is 2.24. The average molecular weight is 298 g/mol. The van der Waals surface area contributed by atoms with Crippen LogP contribution in [-0.4, -0.2) is 13.4 Å². The van der Waals surface area contributed by atoms with Gasteiger partial charge in [0.05, 0.1) is 10.7 Å². The summed E-state index contributed by atoms with van der Waals surface area (Å²) in [6.07, 6.45) is 2.99. The molecule has 0 radical (unpaired) electrons. The van der Waals surface area contributed by atoms with Crippen molar-refractivity contribution in [1.82, 2.24) is 4.98 Å². The molecular formula is C12H12ClN3O2S. The largest absolute Gasteiger partial charge is 0.326 e. The number of nitrogens with one attached hydrogen (secondary N) is 1. The summed E-state index contributed by atoms with van der Waals surface area (Å²) in [6.45, 7) is 0.245. The van der Waals surface area contributed by atoms with Crippen molar-refractivity contribution in [2.45, 2.75) is 11.4 Å². The lowest BCUT2D eigenvalue weighted by Gasteiger charge is -2.10. The minimum Gasteiger partial charge on any atom is -0.326 e. The standard InChI is InChI=1S/C12H12ClN3O2S/c13-11-2-1-9(8-14)7-12(11)19(17,18)16-10-3-5-15-6-4-10/h1-7H,8,14H2,(H,15,16). The second-order valence-corrected chi connectivity index (χ2v) is 5.87. The minimum atomic E-state index is -3.74. The van der Waals surface area contributed by atoms with E-state index in [0.717, 1.165) is 0 Å². The summed E-state index contributed by atoms with van der Waals surface area (Å²) in [7, 11) is -3.74. The van der Waals surface area contributed by atoms with Crippen LogP contribution in [-0.2, 0) is 16.6 Å². The number of nitrogens with zero attached hydrogens (tertiary/aromatic N) is 1. The Hall–Kier alpha value is -1.63. The van der Waals surface area contributed by atoms with Gasteiger partial charge >= 0.3 is 0 Å². The SMILES string of the molecule is NCc1ccc(Cl)c(S(=O)(=O)Nc2ccncc2)c1. The van der Waals surface area contributed by atoms with Gasteiger partial charge in [-0.1, -0.05) is 17.7 Å². The van der Waals surface area contributed by atoms with E-state index >= 15 is 0 Å². The number of aromatic nitrogens is 1. The highest BCUT2D eigenvalue weighted by atomic mass is 35.5. The highest BCUT2D eigenvalue weighted by Gasteiger charge is 2.18. The number of anilines is 1. The fourth-order valence-corrected chi connectivity index (χ4v) is 3.12. The molecule has 1 aromatic heterocycles. The molecule has 100 valence electrons. The summed E-state index contributed by atoms with van der Waals surface area (Å²) in [5.74, 6) is 0. The van der Waals surface area contributed by atoms with Crippen LogP contribution < -0.4 is 10.5 Å². The lowest BCUT2D eigenvalue weighted by molar-refractivity contribution is 0.601. The van der Waals surface area contributed by atoms with Gasteiger partial charge in [0, 0.05) is 18.9 Å². The number of hydrogen-bond donors (Lipinski definition) is 2. The summed E-state index contributed by atoms with van der Waals surface area (Å²) in [5, 5.41) is 0.152. The van der Waals surface area contributed by atoms with Crippen LogP contribution >= 0.6 is 11.6 Å². The van der Waals surface area contributed by atoms with Gasteiger partial charge in [0.1, 0.15) is 4.90 Å². The van der Waals surface area contributed by atoms with Crippen LogP contribution in [0.1, 0.15) is 5.56 Å². The van der Waals surface area contributed by atoms with E-state index in [1.807, 2.05) is 0 Å². The first-order valence-corrected chi connectivity index (χ1v) is 7.30. The van der Waals surface area contributed by atoms with E-state index < -0.39 is 10.0 Å². The molecule has 1 aromatic carbocycles. The molecule has 0 saturated carbocycles. The first-order valence-electron chi connectivity index (χ1n) is 5.44. The monoisotopic (exact) mass is 297 g/mol. The Morgan fingerprint density at radius 1 is 1.21 bits per heavy atom. The zero-order valence-corrected chi connectivity index (χ0v) is 11.4. The first kappa shape index (κ1) is 13.8. The van der Waals surface area contributed by atoms with Crippen LogP contribution in [0.2, 0.25) is 5.02 Å². The number of pyridine rings is 1. The topological polar surface area (TPSA) is 85.1 Å². The van der Waals surface area contributed by atoms with Gasteiger partial charge in [-0.3, -0.25) is 9.71 Å². The summed E-state index contributed by atoms with van der Waals surface area (Å²) >= 11 is 5.93. The number of sulfonamides is 1. The normalized spacial score (nSPS) is 11.3. The Morgan fingerprint density at radius 3 is 2.53 bits per heavy atom. The Labute approximate surface area is 116 Å². The molecule has 3 N–H and O–H groups in total. The van der Waals surface area contributed by atoms with Gasteiger partial charge in [0.15, 0.2) is 0 Å². The third kappa shape index (κ3) is 3.23. The van der Waals surface area contributed by atoms with Crippen molar-refractivity contribution >= 4 is 27.3 Å². The zero-order chi connectivity index (χ0) is 13.9. The van der Waals surface area contributed by atoms with E-state index in [0.29, 0.717) is 11.3 Å². The third-order valence-corrected chi connectivity index (χ3v) is 4.32. The van der Waals surface area contributed by atoms with E-state index in [1.165, 1.54) is 24.5 Å². The molecular weight excluding hydrogens is 286 g/mol. The third-order valence-electron chi connectivity index (χ3n) is 2.45. The molecule has 0 bridgehead atoms. The van der Waals surface area contributed by atoms with Crippen molar-refractivity contribution in [3.8, 4) is 0 Å². The summed E-state index contributed by atoms with van der Waals surface area (Å²) in [5.41, 5.74) is 6.61. The molecule has 1 heterocycles. The van der Waals surface area contributed by atoms with Gasteiger partial charge in [-0.05, 0) is 29.8 Å². The quantitative estimate of drug-likeness (QED) is 0.904. The molecule has 0 fully saturated rings. The van der Waals surface area contributed by atoms with Crippen LogP contribution in [0.3, 0.4) is 0 Å². The minimum absolute atomic E-state index is 0.00827. The number of nitrogens with two attached hydrogens (primary N) is 1. The van der Waals surface area contributed by atoms with Crippen molar-refractivity contribution in [2.24, 2.45) is 5.73 Å². The van der Waals surface area contributed by atoms with Crippen molar-refractivity contribution in [2.75, 3.05) is 4.72 Å². The van der Waals surface area contributed by atoms with Gasteiger partial charge in [-0.25, -0.2) is 8.42 Å². The predicted octanol–water partition coefficient (Wildman–Crippen LogP) is 1.99. The zero-order valence-electron chi connectivity index (χ0n) is 9.88. The molecule has 7 heteroatoms. The maximum atomic E-state index is 12.2. The van der Waals surface area contributed by atoms with Crippen LogP contribution in [0.25, 0.3) is 0 Å². The van der Waals surface area contributed by atoms with Crippen molar-refractivity contribution in [3.63, 3.8) is 0 Å². The molecule has 0 atom stereocenters.